The van der Waals surface area contributed by atoms with Gasteiger partial charge in [0.25, 0.3) is 0 Å². The molecular weight excluding hydrogens is 458 g/mol. The summed E-state index contributed by atoms with van der Waals surface area (Å²) in [6, 6.07) is 0. The monoisotopic (exact) mass is 491 g/mol. The van der Waals surface area contributed by atoms with Gasteiger partial charge in [0, 0.05) is 13.1 Å². The van der Waals surface area contributed by atoms with Crippen molar-refractivity contribution in [1.82, 2.24) is 19.5 Å². The van der Waals surface area contributed by atoms with Gasteiger partial charge in [0.1, 0.15) is 18.3 Å². The molecule has 0 radical (unpaired) electrons. The number of hydrogen-bond acceptors (Lipinski definition) is 8. The molecule has 4 aliphatic rings. The number of aliphatic hydroxyl groups excluding tert-OH is 1. The SMILES string of the molecule is CC1(C)O[C@@H]2[C@H](O1)[C@@H](CO)O[C@H]2n1cnc2c(N3CCC(C4CCCCC4)CC3)nc(Cl)nc21. The van der Waals surface area contributed by atoms with Crippen molar-refractivity contribution < 1.29 is 19.3 Å². The molecule has 0 bridgehead atoms. The third kappa shape index (κ3) is 3.99. The topological polar surface area (TPSA) is 94.8 Å². The summed E-state index contributed by atoms with van der Waals surface area (Å²) in [6.45, 7) is 5.51. The largest absolute Gasteiger partial charge is 0.394 e. The number of aromatic nitrogens is 4. The summed E-state index contributed by atoms with van der Waals surface area (Å²) in [5.41, 5.74) is 1.33. The molecule has 0 aromatic carbocycles. The fourth-order valence-electron chi connectivity index (χ4n) is 6.50. The summed E-state index contributed by atoms with van der Waals surface area (Å²) < 4.78 is 20.1. The number of aliphatic hydroxyl groups is 1. The van der Waals surface area contributed by atoms with Crippen LogP contribution in [0.25, 0.3) is 11.2 Å². The first-order valence-corrected chi connectivity index (χ1v) is 13.1. The Balaban J connectivity index is 1.26. The summed E-state index contributed by atoms with van der Waals surface area (Å²) in [5, 5.41) is 10.0. The minimum Gasteiger partial charge on any atom is -0.394 e. The van der Waals surface area contributed by atoms with Crippen LogP contribution in [0.1, 0.15) is 65.0 Å². The average Bonchev–Trinajstić information content (AvgIpc) is 3.49. The van der Waals surface area contributed by atoms with Crippen LogP contribution in [-0.4, -0.2) is 68.4 Å². The van der Waals surface area contributed by atoms with Crippen LogP contribution < -0.4 is 4.90 Å². The molecule has 10 heteroatoms. The highest BCUT2D eigenvalue weighted by Crippen LogP contribution is 2.44. The van der Waals surface area contributed by atoms with E-state index in [2.05, 4.69) is 19.9 Å². The lowest BCUT2D eigenvalue weighted by atomic mass is 9.76. The summed E-state index contributed by atoms with van der Waals surface area (Å²) in [6.07, 6.45) is 9.28. The Morgan fingerprint density at radius 2 is 1.74 bits per heavy atom. The molecule has 2 aromatic rings. The molecule has 34 heavy (non-hydrogen) atoms. The molecule has 4 fully saturated rings. The van der Waals surface area contributed by atoms with Crippen LogP contribution in [0.2, 0.25) is 5.28 Å². The Bertz CT molecular complexity index is 1030. The molecule has 0 amide bonds. The molecule has 2 aromatic heterocycles. The van der Waals surface area contributed by atoms with E-state index in [9.17, 15) is 5.11 Å². The maximum atomic E-state index is 9.85. The number of halogens is 1. The molecule has 5 heterocycles. The van der Waals surface area contributed by atoms with Crippen molar-refractivity contribution in [2.24, 2.45) is 11.8 Å². The molecule has 9 nitrogen and oxygen atoms in total. The number of imidazole rings is 1. The first-order chi connectivity index (χ1) is 16.4. The van der Waals surface area contributed by atoms with Crippen LogP contribution >= 0.6 is 11.6 Å². The number of ether oxygens (including phenoxy) is 3. The Labute approximate surface area is 204 Å². The molecule has 0 spiro atoms. The summed E-state index contributed by atoms with van der Waals surface area (Å²) >= 11 is 6.41. The van der Waals surface area contributed by atoms with Gasteiger partial charge in [-0.3, -0.25) is 4.57 Å². The zero-order valence-electron chi connectivity index (χ0n) is 19.9. The standard InChI is InChI=1S/C24H34ClN5O4/c1-24(2)33-18-16(12-31)32-22(19(18)34-24)30-13-26-17-20(27-23(25)28-21(17)30)29-10-8-15(9-11-29)14-6-4-3-5-7-14/h13-16,18-19,22,31H,3-12H2,1-2H3/t16-,18-,19-,22-/m1/s1. The van der Waals surface area contributed by atoms with E-state index in [0.717, 1.165) is 30.7 Å². The van der Waals surface area contributed by atoms with Gasteiger partial charge >= 0.3 is 0 Å². The smallest absolute Gasteiger partial charge is 0.226 e. The second-order valence-corrected chi connectivity index (χ2v) is 11.0. The number of hydrogen-bond donors (Lipinski definition) is 1. The number of piperidine rings is 1. The molecule has 0 unspecified atom stereocenters. The molecule has 6 rings (SSSR count). The minimum absolute atomic E-state index is 0.152. The molecule has 4 atom stereocenters. The quantitative estimate of drug-likeness (QED) is 0.647. The van der Waals surface area contributed by atoms with Crippen molar-refractivity contribution in [3.8, 4) is 0 Å². The van der Waals surface area contributed by atoms with Crippen LogP contribution in [0.4, 0.5) is 5.82 Å². The van der Waals surface area contributed by atoms with Gasteiger partial charge in [0.15, 0.2) is 29.0 Å². The highest BCUT2D eigenvalue weighted by Gasteiger charge is 2.56. The van der Waals surface area contributed by atoms with Gasteiger partial charge in [0.05, 0.1) is 12.9 Å². The van der Waals surface area contributed by atoms with Crippen molar-refractivity contribution in [1.29, 1.82) is 0 Å². The van der Waals surface area contributed by atoms with Gasteiger partial charge in [-0.15, -0.1) is 0 Å². The number of fused-ring (bicyclic) bond motifs is 2. The zero-order chi connectivity index (χ0) is 23.4. The second-order valence-electron chi connectivity index (χ2n) is 10.7. The van der Waals surface area contributed by atoms with Gasteiger partial charge in [-0.25, -0.2) is 4.98 Å². The molecule has 186 valence electrons. The van der Waals surface area contributed by atoms with Gasteiger partial charge in [-0.2, -0.15) is 9.97 Å². The molecule has 1 aliphatic carbocycles. The number of rotatable bonds is 4. The van der Waals surface area contributed by atoms with Gasteiger partial charge in [0.2, 0.25) is 5.28 Å². The van der Waals surface area contributed by atoms with E-state index in [4.69, 9.17) is 25.8 Å². The van der Waals surface area contributed by atoms with E-state index < -0.39 is 18.1 Å². The van der Waals surface area contributed by atoms with Crippen LogP contribution in [0.15, 0.2) is 6.33 Å². The Kier molecular flexibility index (Phi) is 5.97. The lowest BCUT2D eigenvalue weighted by molar-refractivity contribution is -0.199. The van der Waals surface area contributed by atoms with Crippen LogP contribution in [0, 0.1) is 11.8 Å². The van der Waals surface area contributed by atoms with Gasteiger partial charge in [-0.1, -0.05) is 32.1 Å². The summed E-state index contributed by atoms with van der Waals surface area (Å²) in [7, 11) is 0. The minimum atomic E-state index is -0.748. The maximum Gasteiger partial charge on any atom is 0.226 e. The highest BCUT2D eigenvalue weighted by atomic mass is 35.5. The first-order valence-electron chi connectivity index (χ1n) is 12.7. The van der Waals surface area contributed by atoms with Crippen molar-refractivity contribution in [3.05, 3.63) is 11.6 Å². The van der Waals surface area contributed by atoms with E-state index in [1.807, 2.05) is 18.4 Å². The van der Waals surface area contributed by atoms with Crippen molar-refractivity contribution in [3.63, 3.8) is 0 Å². The van der Waals surface area contributed by atoms with Crippen LogP contribution in [0.5, 0.6) is 0 Å². The Hall–Kier alpha value is -1.52. The Morgan fingerprint density at radius 3 is 2.47 bits per heavy atom. The van der Waals surface area contributed by atoms with Gasteiger partial charge in [-0.05, 0) is 50.1 Å². The highest BCUT2D eigenvalue weighted by molar-refractivity contribution is 6.28. The predicted molar refractivity (Wildman–Crippen MR) is 127 cm³/mol. The van der Waals surface area contributed by atoms with E-state index in [1.54, 1.807) is 6.33 Å². The van der Waals surface area contributed by atoms with E-state index in [0.29, 0.717) is 11.2 Å². The van der Waals surface area contributed by atoms with E-state index in [-0.39, 0.29) is 24.1 Å². The lowest BCUT2D eigenvalue weighted by Crippen LogP contribution is -2.37. The predicted octanol–water partition coefficient (Wildman–Crippen LogP) is 3.69. The summed E-state index contributed by atoms with van der Waals surface area (Å²) in [5.74, 6) is 1.73. The second kappa shape index (κ2) is 8.85. The lowest BCUT2D eigenvalue weighted by Gasteiger charge is -2.38. The maximum absolute atomic E-state index is 9.85. The normalized spacial score (nSPS) is 32.5. The van der Waals surface area contributed by atoms with E-state index >= 15 is 0 Å². The molecule has 3 saturated heterocycles. The fraction of sp³-hybridized carbons (Fsp3) is 0.792. The molecular formula is C24H34ClN5O4. The first kappa shape index (κ1) is 22.9. The molecule has 1 saturated carbocycles. The molecule has 1 N–H and O–H groups in total. The number of anilines is 1. The summed E-state index contributed by atoms with van der Waals surface area (Å²) in [4.78, 5) is 16.1. The van der Waals surface area contributed by atoms with Crippen molar-refractivity contribution in [2.45, 2.75) is 89.1 Å². The average molecular weight is 492 g/mol. The van der Waals surface area contributed by atoms with Crippen LogP contribution in [-0.2, 0) is 14.2 Å². The Morgan fingerprint density at radius 1 is 1.03 bits per heavy atom. The molecule has 3 aliphatic heterocycles. The fourth-order valence-corrected chi connectivity index (χ4v) is 6.66. The third-order valence-corrected chi connectivity index (χ3v) is 8.28. The zero-order valence-corrected chi connectivity index (χ0v) is 20.7. The van der Waals surface area contributed by atoms with E-state index in [1.165, 1.54) is 44.9 Å². The van der Waals surface area contributed by atoms with Crippen molar-refractivity contribution >= 4 is 28.6 Å². The number of nitrogens with zero attached hydrogens (tertiary/aromatic N) is 5. The van der Waals surface area contributed by atoms with Crippen molar-refractivity contribution in [2.75, 3.05) is 24.6 Å². The third-order valence-electron chi connectivity index (χ3n) is 8.11. The van der Waals surface area contributed by atoms with Crippen LogP contribution in [0.3, 0.4) is 0 Å². The van der Waals surface area contributed by atoms with Gasteiger partial charge < -0.3 is 24.2 Å².